The van der Waals surface area contributed by atoms with E-state index in [0.717, 1.165) is 12.3 Å². The van der Waals surface area contributed by atoms with Crippen molar-refractivity contribution in [3.8, 4) is 0 Å². The van der Waals surface area contributed by atoms with Crippen molar-refractivity contribution in [1.82, 2.24) is 0 Å². The maximum atomic E-state index is 9.14. The van der Waals surface area contributed by atoms with E-state index in [4.69, 9.17) is 5.11 Å². The fourth-order valence-electron chi connectivity index (χ4n) is 1.51. The number of aliphatic hydroxyl groups is 1. The van der Waals surface area contributed by atoms with Crippen LogP contribution in [0.3, 0.4) is 0 Å². The van der Waals surface area contributed by atoms with Crippen LogP contribution in [0.2, 0.25) is 0 Å². The molecule has 0 rings (SSSR count). The predicted octanol–water partition coefficient (Wildman–Crippen LogP) is 2.83. The van der Waals surface area contributed by atoms with Gasteiger partial charge in [-0.15, -0.1) is 0 Å². The van der Waals surface area contributed by atoms with Gasteiger partial charge in [-0.2, -0.15) is 0 Å². The van der Waals surface area contributed by atoms with E-state index in [1.807, 2.05) is 6.92 Å². The fraction of sp³-hybridized carbons (Fsp3) is 1.00. The number of hydrogen-bond donors (Lipinski definition) is 1. The molecule has 0 radical (unpaired) electrons. The van der Waals surface area contributed by atoms with Crippen LogP contribution in [0, 0.1) is 11.8 Å². The standard InChI is InChI=1S/C10H22O/c1-5-6-8(2)9(3)7-10(4)11/h8-11H,5-7H2,1-4H3. The van der Waals surface area contributed by atoms with Crippen LogP contribution in [0.15, 0.2) is 0 Å². The van der Waals surface area contributed by atoms with Crippen molar-refractivity contribution in [2.75, 3.05) is 0 Å². The summed E-state index contributed by atoms with van der Waals surface area (Å²) in [5, 5.41) is 9.14. The van der Waals surface area contributed by atoms with Crippen molar-refractivity contribution >= 4 is 0 Å². The van der Waals surface area contributed by atoms with Gasteiger partial charge in [0.25, 0.3) is 0 Å². The molecule has 0 heterocycles. The Bertz CT molecular complexity index is 88.9. The van der Waals surface area contributed by atoms with Crippen LogP contribution in [0.4, 0.5) is 0 Å². The lowest BCUT2D eigenvalue weighted by molar-refractivity contribution is 0.146. The van der Waals surface area contributed by atoms with Gasteiger partial charge in [0.15, 0.2) is 0 Å². The highest BCUT2D eigenvalue weighted by Crippen LogP contribution is 2.20. The molecule has 0 fully saturated rings. The zero-order valence-corrected chi connectivity index (χ0v) is 8.30. The highest BCUT2D eigenvalue weighted by Gasteiger charge is 2.12. The Morgan fingerprint density at radius 1 is 1.09 bits per heavy atom. The van der Waals surface area contributed by atoms with Crippen molar-refractivity contribution in [3.05, 3.63) is 0 Å². The summed E-state index contributed by atoms with van der Waals surface area (Å²) in [7, 11) is 0. The molecule has 1 nitrogen and oxygen atoms in total. The number of hydrogen-bond acceptors (Lipinski definition) is 1. The van der Waals surface area contributed by atoms with Gasteiger partial charge in [0.2, 0.25) is 0 Å². The van der Waals surface area contributed by atoms with Crippen molar-refractivity contribution in [3.63, 3.8) is 0 Å². The molecular weight excluding hydrogens is 136 g/mol. The molecule has 0 aromatic carbocycles. The molecule has 68 valence electrons. The van der Waals surface area contributed by atoms with Gasteiger partial charge in [-0.25, -0.2) is 0 Å². The lowest BCUT2D eigenvalue weighted by atomic mass is 9.88. The zero-order valence-electron chi connectivity index (χ0n) is 8.30. The molecule has 1 heteroatoms. The molecule has 0 amide bonds. The molecule has 0 bridgehead atoms. The van der Waals surface area contributed by atoms with Crippen molar-refractivity contribution in [2.45, 2.75) is 53.1 Å². The molecule has 3 atom stereocenters. The second-order valence-electron chi connectivity index (χ2n) is 3.83. The van der Waals surface area contributed by atoms with Gasteiger partial charge in [-0.3, -0.25) is 0 Å². The molecule has 11 heavy (non-hydrogen) atoms. The maximum Gasteiger partial charge on any atom is 0.0514 e. The maximum absolute atomic E-state index is 9.14. The van der Waals surface area contributed by atoms with Gasteiger partial charge >= 0.3 is 0 Å². The van der Waals surface area contributed by atoms with Crippen LogP contribution in [-0.4, -0.2) is 11.2 Å². The average molecular weight is 158 g/mol. The summed E-state index contributed by atoms with van der Waals surface area (Å²) in [5.41, 5.74) is 0. The topological polar surface area (TPSA) is 20.2 Å². The van der Waals surface area contributed by atoms with Gasteiger partial charge in [-0.05, 0) is 25.2 Å². The molecule has 0 aliphatic heterocycles. The molecule has 0 aliphatic carbocycles. The van der Waals surface area contributed by atoms with E-state index in [1.165, 1.54) is 12.8 Å². The van der Waals surface area contributed by atoms with Gasteiger partial charge in [-0.1, -0.05) is 33.6 Å². The summed E-state index contributed by atoms with van der Waals surface area (Å²) in [4.78, 5) is 0. The minimum atomic E-state index is -0.135. The molecule has 1 N–H and O–H groups in total. The van der Waals surface area contributed by atoms with E-state index in [-0.39, 0.29) is 6.10 Å². The summed E-state index contributed by atoms with van der Waals surface area (Å²) >= 11 is 0. The van der Waals surface area contributed by atoms with E-state index in [1.54, 1.807) is 0 Å². The van der Waals surface area contributed by atoms with Crippen LogP contribution >= 0.6 is 0 Å². The number of rotatable bonds is 5. The normalized spacial score (nSPS) is 19.4. The second kappa shape index (κ2) is 5.59. The Balaban J connectivity index is 3.54. The summed E-state index contributed by atoms with van der Waals surface area (Å²) in [6.45, 7) is 8.59. The van der Waals surface area contributed by atoms with Crippen LogP contribution in [-0.2, 0) is 0 Å². The van der Waals surface area contributed by atoms with Gasteiger partial charge in [0.05, 0.1) is 6.10 Å². The molecule has 0 saturated carbocycles. The van der Waals surface area contributed by atoms with Crippen LogP contribution < -0.4 is 0 Å². The molecule has 0 aliphatic rings. The summed E-state index contributed by atoms with van der Waals surface area (Å²) < 4.78 is 0. The average Bonchev–Trinajstić information content (AvgIpc) is 1.86. The Morgan fingerprint density at radius 3 is 2.00 bits per heavy atom. The quantitative estimate of drug-likeness (QED) is 0.652. The third-order valence-electron chi connectivity index (χ3n) is 2.43. The Kier molecular flexibility index (Phi) is 5.57. The Hall–Kier alpha value is -0.0400. The second-order valence-corrected chi connectivity index (χ2v) is 3.83. The van der Waals surface area contributed by atoms with E-state index in [9.17, 15) is 0 Å². The van der Waals surface area contributed by atoms with Crippen LogP contribution in [0.5, 0.6) is 0 Å². The van der Waals surface area contributed by atoms with E-state index in [2.05, 4.69) is 20.8 Å². The summed E-state index contributed by atoms with van der Waals surface area (Å²) in [6.07, 6.45) is 3.35. The van der Waals surface area contributed by atoms with Gasteiger partial charge < -0.3 is 5.11 Å². The van der Waals surface area contributed by atoms with Gasteiger partial charge in [0.1, 0.15) is 0 Å². The van der Waals surface area contributed by atoms with Crippen LogP contribution in [0.25, 0.3) is 0 Å². The third kappa shape index (κ3) is 5.25. The van der Waals surface area contributed by atoms with E-state index in [0.29, 0.717) is 5.92 Å². The zero-order chi connectivity index (χ0) is 8.85. The molecule has 0 aromatic rings. The highest BCUT2D eigenvalue weighted by atomic mass is 16.3. The van der Waals surface area contributed by atoms with Crippen molar-refractivity contribution < 1.29 is 5.11 Å². The van der Waals surface area contributed by atoms with Gasteiger partial charge in [0, 0.05) is 0 Å². The highest BCUT2D eigenvalue weighted by molar-refractivity contribution is 4.63. The first-order valence-electron chi connectivity index (χ1n) is 4.76. The van der Waals surface area contributed by atoms with E-state index >= 15 is 0 Å². The van der Waals surface area contributed by atoms with Crippen LogP contribution in [0.1, 0.15) is 47.0 Å². The lowest BCUT2D eigenvalue weighted by Gasteiger charge is -2.20. The Labute approximate surface area is 70.8 Å². The summed E-state index contributed by atoms with van der Waals surface area (Å²) in [6, 6.07) is 0. The lowest BCUT2D eigenvalue weighted by Crippen LogP contribution is -2.14. The first-order valence-corrected chi connectivity index (χ1v) is 4.76. The fourth-order valence-corrected chi connectivity index (χ4v) is 1.51. The molecule has 0 spiro atoms. The summed E-state index contributed by atoms with van der Waals surface area (Å²) in [5.74, 6) is 1.42. The minimum Gasteiger partial charge on any atom is -0.393 e. The molecular formula is C10H22O. The smallest absolute Gasteiger partial charge is 0.0514 e. The third-order valence-corrected chi connectivity index (χ3v) is 2.43. The molecule has 0 saturated heterocycles. The largest absolute Gasteiger partial charge is 0.393 e. The minimum absolute atomic E-state index is 0.135. The van der Waals surface area contributed by atoms with Crippen molar-refractivity contribution in [2.24, 2.45) is 11.8 Å². The first-order chi connectivity index (χ1) is 5.07. The van der Waals surface area contributed by atoms with Crippen molar-refractivity contribution in [1.29, 1.82) is 0 Å². The Morgan fingerprint density at radius 2 is 1.64 bits per heavy atom. The molecule has 0 aromatic heterocycles. The first kappa shape index (κ1) is 11.0. The monoisotopic (exact) mass is 158 g/mol. The predicted molar refractivity (Wildman–Crippen MR) is 49.5 cm³/mol. The molecule has 3 unspecified atom stereocenters. The number of aliphatic hydroxyl groups excluding tert-OH is 1. The van der Waals surface area contributed by atoms with E-state index < -0.39 is 0 Å². The SMILES string of the molecule is CCCC(C)C(C)CC(C)O.